The number of hydrogen-bond acceptors (Lipinski definition) is 7. The summed E-state index contributed by atoms with van der Waals surface area (Å²) < 4.78 is 51.4. The normalized spacial score (nSPS) is 16.3. The number of carbonyl (C=O) groups excluding carboxylic acids is 2. The van der Waals surface area contributed by atoms with Gasteiger partial charge in [0.15, 0.2) is 5.78 Å². The van der Waals surface area contributed by atoms with Gasteiger partial charge < -0.3 is 10.4 Å². The van der Waals surface area contributed by atoms with Gasteiger partial charge >= 0.3 is 12.3 Å². The topological polar surface area (TPSA) is 103 Å². The molecule has 13 heteroatoms. The molecule has 8 nitrogen and oxygen atoms in total. The Morgan fingerprint density at radius 2 is 1.81 bits per heavy atom. The van der Waals surface area contributed by atoms with Crippen molar-refractivity contribution in [2.75, 3.05) is 23.1 Å². The first-order valence-electron chi connectivity index (χ1n) is 8.75. The summed E-state index contributed by atoms with van der Waals surface area (Å²) in [5.74, 6) is -2.48. The molecule has 1 aromatic carbocycles. The molecule has 1 saturated heterocycles. The van der Waals surface area contributed by atoms with Gasteiger partial charge in [0, 0.05) is 5.69 Å². The van der Waals surface area contributed by atoms with E-state index in [2.05, 4.69) is 10.3 Å². The number of thioether (sulfide) groups is 1. The summed E-state index contributed by atoms with van der Waals surface area (Å²) in [5, 5.41) is 13.3. The van der Waals surface area contributed by atoms with Gasteiger partial charge in [-0.15, -0.1) is 16.8 Å². The third kappa shape index (κ3) is 4.66. The third-order valence-electron chi connectivity index (χ3n) is 4.27. The van der Waals surface area contributed by atoms with Crippen LogP contribution >= 0.6 is 11.8 Å². The maximum Gasteiger partial charge on any atom is 0.434 e. The van der Waals surface area contributed by atoms with E-state index in [-0.39, 0.29) is 15.7 Å². The van der Waals surface area contributed by atoms with Crippen LogP contribution in [-0.2, 0) is 15.8 Å². The molecule has 1 aliphatic heterocycles. The van der Waals surface area contributed by atoms with Gasteiger partial charge in [-0.25, -0.2) is 14.2 Å². The lowest BCUT2D eigenvalue weighted by molar-refractivity contribution is -0.141. The van der Waals surface area contributed by atoms with Gasteiger partial charge in [0.2, 0.25) is 0 Å². The number of hydrazine groups is 1. The second kappa shape index (κ2) is 8.86. The second-order valence-corrected chi connectivity index (χ2v) is 7.14. The standard InChI is InChI=1S/C19H14F4N4O4S/c1-32-16(25-11-4-2-10(20)3-5-11)15-13(28)9-26(27(17(15)29)18(30)31)12-6-7-14(24-8-12)19(21,22)23/h2-8,25H,9H2,1H3,(H,30,31)/b16-15+. The lowest BCUT2D eigenvalue weighted by Gasteiger charge is -2.36. The number of hydrogen-bond donors (Lipinski definition) is 2. The summed E-state index contributed by atoms with van der Waals surface area (Å²) in [6.07, 6.45) is -4.20. The highest BCUT2D eigenvalue weighted by Gasteiger charge is 2.42. The fraction of sp³-hybridized carbons (Fsp3) is 0.158. The van der Waals surface area contributed by atoms with Crippen molar-refractivity contribution in [3.8, 4) is 0 Å². The molecule has 2 N–H and O–H groups in total. The summed E-state index contributed by atoms with van der Waals surface area (Å²) in [4.78, 5) is 40.7. The smallest absolute Gasteiger partial charge is 0.434 e. The SMILES string of the molecule is CS/C(Nc1ccc(F)cc1)=C1\C(=O)CN(c2ccc(C(F)(F)F)nc2)N(C(=O)O)C1=O. The van der Waals surface area contributed by atoms with Gasteiger partial charge in [0.25, 0.3) is 5.91 Å². The summed E-state index contributed by atoms with van der Waals surface area (Å²) in [7, 11) is 0. The van der Waals surface area contributed by atoms with Crippen LogP contribution in [0.15, 0.2) is 53.2 Å². The van der Waals surface area contributed by atoms with Crippen LogP contribution in [0, 0.1) is 5.82 Å². The van der Waals surface area contributed by atoms with E-state index in [0.717, 1.165) is 41.2 Å². The fourth-order valence-corrected chi connectivity index (χ4v) is 3.45. The summed E-state index contributed by atoms with van der Waals surface area (Å²) in [5.41, 5.74) is -1.52. The third-order valence-corrected chi connectivity index (χ3v) is 4.99. The molecule has 0 aliphatic carbocycles. The highest BCUT2D eigenvalue weighted by atomic mass is 32.2. The van der Waals surface area contributed by atoms with Gasteiger partial charge in [-0.3, -0.25) is 14.6 Å². The zero-order valence-corrected chi connectivity index (χ0v) is 17.0. The van der Waals surface area contributed by atoms with Crippen molar-refractivity contribution in [1.29, 1.82) is 0 Å². The molecule has 2 aromatic rings. The van der Waals surface area contributed by atoms with Gasteiger partial charge in [0.1, 0.15) is 23.6 Å². The molecule has 0 unspecified atom stereocenters. The Morgan fingerprint density at radius 1 is 1.16 bits per heavy atom. The number of alkyl halides is 3. The minimum absolute atomic E-state index is 0.0306. The quantitative estimate of drug-likeness (QED) is 0.396. The first-order chi connectivity index (χ1) is 15.0. The number of pyridine rings is 1. The highest BCUT2D eigenvalue weighted by Crippen LogP contribution is 2.31. The molecular formula is C19H14F4N4O4S. The van der Waals surface area contributed by atoms with E-state index in [0.29, 0.717) is 11.8 Å². The Hall–Kier alpha value is -3.61. The highest BCUT2D eigenvalue weighted by molar-refractivity contribution is 8.02. The van der Waals surface area contributed by atoms with E-state index in [1.54, 1.807) is 0 Å². The number of ketones is 1. The van der Waals surface area contributed by atoms with Crippen LogP contribution in [0.25, 0.3) is 0 Å². The average Bonchev–Trinajstić information content (AvgIpc) is 2.73. The minimum Gasteiger partial charge on any atom is -0.463 e. The van der Waals surface area contributed by atoms with Crippen molar-refractivity contribution in [2.45, 2.75) is 6.18 Å². The summed E-state index contributed by atoms with van der Waals surface area (Å²) in [6.45, 7) is -0.643. The monoisotopic (exact) mass is 470 g/mol. The second-order valence-electron chi connectivity index (χ2n) is 6.32. The van der Waals surface area contributed by atoms with Crippen LogP contribution in [0.4, 0.5) is 33.7 Å². The van der Waals surface area contributed by atoms with Crippen molar-refractivity contribution in [2.24, 2.45) is 0 Å². The van der Waals surface area contributed by atoms with Gasteiger partial charge in [0.05, 0.1) is 16.9 Å². The first-order valence-corrected chi connectivity index (χ1v) is 9.97. The number of carboxylic acid groups (broad SMARTS) is 1. The van der Waals surface area contributed by atoms with E-state index < -0.39 is 47.6 Å². The van der Waals surface area contributed by atoms with Crippen LogP contribution in [0.2, 0.25) is 0 Å². The molecule has 3 rings (SSSR count). The number of imide groups is 1. The number of carbonyl (C=O) groups is 3. The van der Waals surface area contributed by atoms with Crippen molar-refractivity contribution in [3.05, 3.63) is 64.7 Å². The fourth-order valence-electron chi connectivity index (χ4n) is 2.83. The Morgan fingerprint density at radius 3 is 2.31 bits per heavy atom. The predicted octanol–water partition coefficient (Wildman–Crippen LogP) is 3.74. The van der Waals surface area contributed by atoms with Crippen molar-refractivity contribution in [3.63, 3.8) is 0 Å². The summed E-state index contributed by atoms with van der Waals surface area (Å²) >= 11 is 0.956. The number of aromatic nitrogens is 1. The molecule has 168 valence electrons. The Kier molecular flexibility index (Phi) is 6.39. The van der Waals surface area contributed by atoms with Gasteiger partial charge in [-0.2, -0.15) is 13.2 Å². The largest absolute Gasteiger partial charge is 0.463 e. The number of anilines is 2. The molecule has 1 aliphatic rings. The molecule has 2 heterocycles. The molecule has 0 saturated carbocycles. The zero-order valence-electron chi connectivity index (χ0n) is 16.2. The zero-order chi connectivity index (χ0) is 23.6. The Bertz CT molecular complexity index is 1090. The number of benzene rings is 1. The molecule has 2 amide bonds. The lowest BCUT2D eigenvalue weighted by Crippen LogP contribution is -2.58. The van der Waals surface area contributed by atoms with Crippen LogP contribution in [0.5, 0.6) is 0 Å². The number of nitrogens with one attached hydrogen (secondary N) is 1. The number of halogens is 4. The minimum atomic E-state index is -4.71. The molecule has 0 spiro atoms. The number of rotatable bonds is 4. The van der Waals surface area contributed by atoms with Crippen LogP contribution in [0.3, 0.4) is 0 Å². The van der Waals surface area contributed by atoms with Crippen molar-refractivity contribution in [1.82, 2.24) is 9.99 Å². The van der Waals surface area contributed by atoms with E-state index in [9.17, 15) is 37.1 Å². The molecule has 0 bridgehead atoms. The van der Waals surface area contributed by atoms with Crippen LogP contribution < -0.4 is 10.3 Å². The van der Waals surface area contributed by atoms with E-state index >= 15 is 0 Å². The molecule has 1 aromatic heterocycles. The molecule has 1 fully saturated rings. The molecular weight excluding hydrogens is 456 g/mol. The van der Waals surface area contributed by atoms with Crippen LogP contribution in [-0.4, -0.2) is 45.7 Å². The number of amides is 2. The van der Waals surface area contributed by atoms with Gasteiger partial charge in [-0.05, 0) is 42.7 Å². The number of nitrogens with zero attached hydrogens (tertiary/aromatic N) is 3. The predicted molar refractivity (Wildman–Crippen MR) is 107 cm³/mol. The van der Waals surface area contributed by atoms with E-state index in [1.165, 1.54) is 18.4 Å². The molecule has 0 atom stereocenters. The molecule has 32 heavy (non-hydrogen) atoms. The van der Waals surface area contributed by atoms with E-state index in [1.807, 2.05) is 0 Å². The Labute approximate surface area is 182 Å². The summed E-state index contributed by atoms with van der Waals surface area (Å²) in [6, 6.07) is 6.54. The molecule has 0 radical (unpaired) electrons. The van der Waals surface area contributed by atoms with Gasteiger partial charge in [-0.1, -0.05) is 0 Å². The Balaban J connectivity index is 1.98. The first kappa shape index (κ1) is 23.1. The van der Waals surface area contributed by atoms with Crippen molar-refractivity contribution < 1.29 is 37.1 Å². The maximum absolute atomic E-state index is 13.1. The van der Waals surface area contributed by atoms with E-state index in [4.69, 9.17) is 0 Å². The number of Topliss-reactive ketones (excluding diaryl/α,β-unsaturated/α-hetero) is 1. The van der Waals surface area contributed by atoms with Crippen molar-refractivity contribution >= 4 is 40.9 Å². The lowest BCUT2D eigenvalue weighted by atomic mass is 10.1. The average molecular weight is 470 g/mol. The van der Waals surface area contributed by atoms with Crippen LogP contribution in [0.1, 0.15) is 5.69 Å². The maximum atomic E-state index is 13.1.